The maximum Gasteiger partial charge on any atom is 0.0466 e. The fourth-order valence-electron chi connectivity index (χ4n) is 1.49. The van der Waals surface area contributed by atoms with Crippen LogP contribution in [-0.4, -0.2) is 19.3 Å². The molecular weight excluding hydrogens is 208 g/mol. The smallest absolute Gasteiger partial charge is 0.0466 e. The summed E-state index contributed by atoms with van der Waals surface area (Å²) in [5.74, 6) is 5.52. The number of hydrogen-bond donors (Lipinski definition) is 2. The van der Waals surface area contributed by atoms with E-state index in [0.29, 0.717) is 6.04 Å². The molecule has 15 heavy (non-hydrogen) atoms. The molecule has 1 aromatic rings. The molecule has 0 aliphatic rings. The number of hydrogen-bond acceptors (Lipinski definition) is 4. The molecule has 0 radical (unpaired) electrons. The van der Waals surface area contributed by atoms with Crippen LogP contribution in [-0.2, 0) is 11.2 Å². The van der Waals surface area contributed by atoms with Gasteiger partial charge in [0.05, 0.1) is 0 Å². The highest BCUT2D eigenvalue weighted by atomic mass is 32.1. The second-order valence-electron chi connectivity index (χ2n) is 3.49. The largest absolute Gasteiger partial charge is 0.382 e. The molecule has 86 valence electrons. The van der Waals surface area contributed by atoms with Crippen LogP contribution in [0.5, 0.6) is 0 Å². The van der Waals surface area contributed by atoms with Crippen LogP contribution in [0.3, 0.4) is 0 Å². The van der Waals surface area contributed by atoms with Gasteiger partial charge in [-0.2, -0.15) is 0 Å². The Labute approximate surface area is 95.6 Å². The van der Waals surface area contributed by atoms with Crippen LogP contribution >= 0.6 is 11.3 Å². The minimum absolute atomic E-state index is 0.365. The zero-order valence-electron chi connectivity index (χ0n) is 9.24. The number of thiophene rings is 1. The second kappa shape index (κ2) is 7.82. The first-order chi connectivity index (χ1) is 7.36. The Morgan fingerprint density at radius 2 is 2.47 bits per heavy atom. The summed E-state index contributed by atoms with van der Waals surface area (Å²) in [6, 6.07) is 4.59. The van der Waals surface area contributed by atoms with Crippen LogP contribution < -0.4 is 11.3 Å². The molecule has 0 saturated heterocycles. The third kappa shape index (κ3) is 5.28. The fourth-order valence-corrected chi connectivity index (χ4v) is 2.28. The standard InChI is InChI=1S/C11H20N2OS/c1-2-14-7-3-5-10(13-12)9-11-6-4-8-15-11/h4,6,8,10,13H,2-3,5,7,9,12H2,1H3. The normalized spacial score (nSPS) is 12.9. The molecule has 0 saturated carbocycles. The van der Waals surface area contributed by atoms with Crippen LogP contribution in [0.4, 0.5) is 0 Å². The van der Waals surface area contributed by atoms with Gasteiger partial charge in [-0.15, -0.1) is 11.3 Å². The van der Waals surface area contributed by atoms with Gasteiger partial charge in [0, 0.05) is 24.1 Å². The highest BCUT2D eigenvalue weighted by molar-refractivity contribution is 7.09. The minimum Gasteiger partial charge on any atom is -0.382 e. The maximum atomic E-state index is 5.52. The summed E-state index contributed by atoms with van der Waals surface area (Å²) < 4.78 is 5.30. The van der Waals surface area contributed by atoms with Crippen molar-refractivity contribution in [2.45, 2.75) is 32.2 Å². The van der Waals surface area contributed by atoms with Crippen molar-refractivity contribution in [2.75, 3.05) is 13.2 Å². The molecular formula is C11H20N2OS. The molecule has 3 nitrogen and oxygen atoms in total. The number of ether oxygens (including phenoxy) is 1. The lowest BCUT2D eigenvalue weighted by molar-refractivity contribution is 0.141. The molecule has 0 aliphatic carbocycles. The summed E-state index contributed by atoms with van der Waals surface area (Å²) in [6.45, 7) is 3.65. The Kier molecular flexibility index (Phi) is 6.59. The van der Waals surface area contributed by atoms with Gasteiger partial charge in [-0.05, 0) is 37.6 Å². The second-order valence-corrected chi connectivity index (χ2v) is 4.52. The van der Waals surface area contributed by atoms with Crippen molar-refractivity contribution in [3.63, 3.8) is 0 Å². The summed E-state index contributed by atoms with van der Waals surface area (Å²) in [4.78, 5) is 1.38. The lowest BCUT2D eigenvalue weighted by Gasteiger charge is -2.14. The molecule has 0 spiro atoms. The van der Waals surface area contributed by atoms with E-state index in [1.54, 1.807) is 11.3 Å². The zero-order chi connectivity index (χ0) is 10.9. The first-order valence-electron chi connectivity index (χ1n) is 5.43. The molecule has 0 fully saturated rings. The van der Waals surface area contributed by atoms with Gasteiger partial charge in [0.2, 0.25) is 0 Å². The summed E-state index contributed by atoms with van der Waals surface area (Å²) >= 11 is 1.78. The zero-order valence-corrected chi connectivity index (χ0v) is 10.1. The van der Waals surface area contributed by atoms with Crippen LogP contribution in [0.2, 0.25) is 0 Å². The molecule has 0 aliphatic heterocycles. The Hall–Kier alpha value is -0.420. The van der Waals surface area contributed by atoms with E-state index in [9.17, 15) is 0 Å². The molecule has 0 bridgehead atoms. The lowest BCUT2D eigenvalue weighted by atomic mass is 10.1. The van der Waals surface area contributed by atoms with Crippen molar-refractivity contribution in [1.29, 1.82) is 0 Å². The number of nitrogens with two attached hydrogens (primary N) is 1. The van der Waals surface area contributed by atoms with Crippen molar-refractivity contribution >= 4 is 11.3 Å². The quantitative estimate of drug-likeness (QED) is 0.406. The van der Waals surface area contributed by atoms with Crippen LogP contribution in [0, 0.1) is 0 Å². The predicted octanol–water partition coefficient (Wildman–Crippen LogP) is 1.94. The van der Waals surface area contributed by atoms with Gasteiger partial charge in [-0.25, -0.2) is 0 Å². The third-order valence-electron chi connectivity index (χ3n) is 2.31. The molecule has 0 aromatic carbocycles. The van der Waals surface area contributed by atoms with E-state index in [0.717, 1.165) is 32.5 Å². The molecule has 1 heterocycles. The average molecular weight is 228 g/mol. The number of rotatable bonds is 8. The molecule has 0 amide bonds. The summed E-state index contributed by atoms with van der Waals surface area (Å²) in [6.07, 6.45) is 3.14. The summed E-state index contributed by atoms with van der Waals surface area (Å²) in [7, 11) is 0. The van der Waals surface area contributed by atoms with Crippen molar-refractivity contribution in [3.05, 3.63) is 22.4 Å². The van der Waals surface area contributed by atoms with E-state index < -0.39 is 0 Å². The first kappa shape index (κ1) is 12.6. The monoisotopic (exact) mass is 228 g/mol. The van der Waals surface area contributed by atoms with Gasteiger partial charge in [-0.3, -0.25) is 11.3 Å². The molecule has 1 atom stereocenters. The number of hydrazine groups is 1. The Morgan fingerprint density at radius 1 is 1.60 bits per heavy atom. The van der Waals surface area contributed by atoms with Crippen LogP contribution in [0.1, 0.15) is 24.6 Å². The van der Waals surface area contributed by atoms with Crippen molar-refractivity contribution in [2.24, 2.45) is 5.84 Å². The van der Waals surface area contributed by atoms with Crippen molar-refractivity contribution < 1.29 is 4.74 Å². The topological polar surface area (TPSA) is 47.3 Å². The third-order valence-corrected chi connectivity index (χ3v) is 3.21. The van der Waals surface area contributed by atoms with Gasteiger partial charge < -0.3 is 4.74 Å². The summed E-state index contributed by atoms with van der Waals surface area (Å²) in [5.41, 5.74) is 2.87. The highest BCUT2D eigenvalue weighted by Crippen LogP contribution is 2.13. The maximum absolute atomic E-state index is 5.52. The molecule has 1 unspecified atom stereocenters. The highest BCUT2D eigenvalue weighted by Gasteiger charge is 2.07. The van der Waals surface area contributed by atoms with Gasteiger partial charge >= 0.3 is 0 Å². The van der Waals surface area contributed by atoms with E-state index in [1.165, 1.54) is 4.88 Å². The van der Waals surface area contributed by atoms with E-state index in [-0.39, 0.29) is 0 Å². The summed E-state index contributed by atoms with van der Waals surface area (Å²) in [5, 5.41) is 2.10. The average Bonchev–Trinajstić information content (AvgIpc) is 2.75. The number of nitrogens with one attached hydrogen (secondary N) is 1. The molecule has 3 N–H and O–H groups in total. The Balaban J connectivity index is 2.18. The van der Waals surface area contributed by atoms with Crippen LogP contribution in [0.25, 0.3) is 0 Å². The van der Waals surface area contributed by atoms with Crippen LogP contribution in [0.15, 0.2) is 17.5 Å². The van der Waals surface area contributed by atoms with Crippen molar-refractivity contribution in [3.8, 4) is 0 Å². The van der Waals surface area contributed by atoms with E-state index >= 15 is 0 Å². The predicted molar refractivity (Wildman–Crippen MR) is 64.9 cm³/mol. The molecule has 1 rings (SSSR count). The first-order valence-corrected chi connectivity index (χ1v) is 6.31. The SMILES string of the molecule is CCOCCCC(Cc1cccs1)NN. The van der Waals surface area contributed by atoms with E-state index in [2.05, 4.69) is 22.9 Å². The lowest BCUT2D eigenvalue weighted by Crippen LogP contribution is -2.36. The van der Waals surface area contributed by atoms with Gasteiger partial charge in [-0.1, -0.05) is 6.07 Å². The van der Waals surface area contributed by atoms with Gasteiger partial charge in [0.25, 0.3) is 0 Å². The van der Waals surface area contributed by atoms with E-state index in [4.69, 9.17) is 10.6 Å². The molecule has 4 heteroatoms. The van der Waals surface area contributed by atoms with E-state index in [1.807, 2.05) is 6.92 Å². The van der Waals surface area contributed by atoms with Gasteiger partial charge in [0.1, 0.15) is 0 Å². The fraction of sp³-hybridized carbons (Fsp3) is 0.636. The Bertz CT molecular complexity index is 239. The van der Waals surface area contributed by atoms with Crippen molar-refractivity contribution in [1.82, 2.24) is 5.43 Å². The Morgan fingerprint density at radius 3 is 3.07 bits per heavy atom. The van der Waals surface area contributed by atoms with Gasteiger partial charge in [0.15, 0.2) is 0 Å². The minimum atomic E-state index is 0.365. The molecule has 1 aromatic heterocycles.